The maximum Gasteiger partial charge on any atom is 0.0302 e. The Morgan fingerprint density at radius 1 is 1.00 bits per heavy atom. The molecule has 17 heavy (non-hydrogen) atoms. The Kier molecular flexibility index (Phi) is 7.70. The molecule has 0 aliphatic heterocycles. The third kappa shape index (κ3) is 5.86. The molecule has 0 fully saturated rings. The van der Waals surface area contributed by atoms with E-state index in [1.54, 1.807) is 0 Å². The molecule has 0 aromatic carbocycles. The first-order chi connectivity index (χ1) is 8.38. The molecule has 0 bridgehead atoms. The zero-order chi connectivity index (χ0) is 12.3. The standard InChI is InChI=1S/C16H27N/c1-3-5-7-8-11-15(10-6-4-2)16-12-9-13-17-14-16/h9,12-15H,3-8,10-11H2,1-2H3. The lowest BCUT2D eigenvalue weighted by Gasteiger charge is -2.16. The van der Waals surface area contributed by atoms with E-state index in [0.717, 1.165) is 5.92 Å². The van der Waals surface area contributed by atoms with Crippen LogP contribution in [0, 0.1) is 0 Å². The van der Waals surface area contributed by atoms with E-state index in [-0.39, 0.29) is 0 Å². The number of aromatic nitrogens is 1. The Bertz CT molecular complexity index is 268. The zero-order valence-electron chi connectivity index (χ0n) is 11.5. The van der Waals surface area contributed by atoms with Gasteiger partial charge in [-0.2, -0.15) is 0 Å². The van der Waals surface area contributed by atoms with Crippen LogP contribution in [0.25, 0.3) is 0 Å². The molecule has 1 rings (SSSR count). The van der Waals surface area contributed by atoms with E-state index < -0.39 is 0 Å². The van der Waals surface area contributed by atoms with E-state index >= 15 is 0 Å². The lowest BCUT2D eigenvalue weighted by atomic mass is 9.89. The van der Waals surface area contributed by atoms with Crippen molar-refractivity contribution in [2.24, 2.45) is 0 Å². The highest BCUT2D eigenvalue weighted by Crippen LogP contribution is 2.27. The van der Waals surface area contributed by atoms with Crippen LogP contribution >= 0.6 is 0 Å². The molecule has 1 aromatic heterocycles. The molecule has 0 aliphatic rings. The molecule has 1 aromatic rings. The SMILES string of the molecule is CCCCCCC(CCCC)c1cccnc1. The predicted octanol–water partition coefficient (Wildman–Crippen LogP) is 5.33. The van der Waals surface area contributed by atoms with E-state index in [1.807, 2.05) is 6.20 Å². The minimum Gasteiger partial charge on any atom is -0.264 e. The Labute approximate surface area is 107 Å². The second kappa shape index (κ2) is 9.21. The van der Waals surface area contributed by atoms with Gasteiger partial charge in [0.2, 0.25) is 0 Å². The molecular formula is C16H27N. The second-order valence-electron chi connectivity index (χ2n) is 4.97. The molecular weight excluding hydrogens is 206 g/mol. The molecule has 1 heteroatoms. The van der Waals surface area contributed by atoms with Crippen molar-refractivity contribution in [3.63, 3.8) is 0 Å². The van der Waals surface area contributed by atoms with Gasteiger partial charge in [0.1, 0.15) is 0 Å². The molecule has 1 unspecified atom stereocenters. The van der Waals surface area contributed by atoms with Gasteiger partial charge in [-0.1, -0.05) is 58.4 Å². The van der Waals surface area contributed by atoms with Crippen LogP contribution in [0.5, 0.6) is 0 Å². The zero-order valence-corrected chi connectivity index (χ0v) is 11.5. The second-order valence-corrected chi connectivity index (χ2v) is 4.97. The number of unbranched alkanes of at least 4 members (excludes halogenated alkanes) is 4. The van der Waals surface area contributed by atoms with Gasteiger partial charge in [-0.25, -0.2) is 0 Å². The summed E-state index contributed by atoms with van der Waals surface area (Å²) < 4.78 is 0. The summed E-state index contributed by atoms with van der Waals surface area (Å²) in [5.41, 5.74) is 1.44. The van der Waals surface area contributed by atoms with Crippen molar-refractivity contribution in [1.29, 1.82) is 0 Å². The van der Waals surface area contributed by atoms with E-state index in [4.69, 9.17) is 0 Å². The van der Waals surface area contributed by atoms with E-state index in [9.17, 15) is 0 Å². The average Bonchev–Trinajstić information content (AvgIpc) is 2.39. The van der Waals surface area contributed by atoms with Gasteiger partial charge in [-0.15, -0.1) is 0 Å². The number of nitrogens with zero attached hydrogens (tertiary/aromatic N) is 1. The molecule has 0 spiro atoms. The number of pyridine rings is 1. The monoisotopic (exact) mass is 233 g/mol. The summed E-state index contributed by atoms with van der Waals surface area (Å²) in [4.78, 5) is 4.26. The van der Waals surface area contributed by atoms with Crippen LogP contribution in [0.1, 0.15) is 76.7 Å². The first kappa shape index (κ1) is 14.2. The van der Waals surface area contributed by atoms with Crippen molar-refractivity contribution < 1.29 is 0 Å². The van der Waals surface area contributed by atoms with Crippen molar-refractivity contribution in [3.05, 3.63) is 30.1 Å². The minimum absolute atomic E-state index is 0.737. The van der Waals surface area contributed by atoms with Crippen LogP contribution in [-0.4, -0.2) is 4.98 Å². The Morgan fingerprint density at radius 2 is 1.76 bits per heavy atom. The van der Waals surface area contributed by atoms with E-state index in [1.165, 1.54) is 56.9 Å². The predicted molar refractivity (Wildman–Crippen MR) is 75.3 cm³/mol. The van der Waals surface area contributed by atoms with Gasteiger partial charge in [-0.3, -0.25) is 4.98 Å². The summed E-state index contributed by atoms with van der Waals surface area (Å²) in [5, 5.41) is 0. The van der Waals surface area contributed by atoms with Crippen molar-refractivity contribution in [3.8, 4) is 0 Å². The van der Waals surface area contributed by atoms with Gasteiger partial charge in [0.25, 0.3) is 0 Å². The van der Waals surface area contributed by atoms with Crippen LogP contribution in [0.3, 0.4) is 0 Å². The molecule has 0 saturated carbocycles. The fraction of sp³-hybridized carbons (Fsp3) is 0.688. The topological polar surface area (TPSA) is 12.9 Å². The molecule has 0 amide bonds. The van der Waals surface area contributed by atoms with Crippen molar-refractivity contribution in [2.75, 3.05) is 0 Å². The van der Waals surface area contributed by atoms with Gasteiger partial charge in [0.15, 0.2) is 0 Å². The van der Waals surface area contributed by atoms with Gasteiger partial charge in [0, 0.05) is 12.4 Å². The summed E-state index contributed by atoms with van der Waals surface area (Å²) in [6, 6.07) is 4.31. The molecule has 1 nitrogen and oxygen atoms in total. The quantitative estimate of drug-likeness (QED) is 0.526. The van der Waals surface area contributed by atoms with E-state index in [0.29, 0.717) is 0 Å². The highest BCUT2D eigenvalue weighted by atomic mass is 14.6. The normalized spacial score (nSPS) is 12.6. The summed E-state index contributed by atoms with van der Waals surface area (Å²) in [7, 11) is 0. The van der Waals surface area contributed by atoms with Gasteiger partial charge in [0.05, 0.1) is 0 Å². The van der Waals surface area contributed by atoms with Gasteiger partial charge in [-0.05, 0) is 30.4 Å². The lowest BCUT2D eigenvalue weighted by Crippen LogP contribution is -2.00. The molecule has 1 atom stereocenters. The average molecular weight is 233 g/mol. The summed E-state index contributed by atoms with van der Waals surface area (Å²) >= 11 is 0. The number of hydrogen-bond acceptors (Lipinski definition) is 1. The molecule has 0 radical (unpaired) electrons. The van der Waals surface area contributed by atoms with Crippen LogP contribution in [0.4, 0.5) is 0 Å². The maximum atomic E-state index is 4.26. The highest BCUT2D eigenvalue weighted by molar-refractivity contribution is 5.14. The Balaban J connectivity index is 2.43. The fourth-order valence-electron chi connectivity index (χ4n) is 2.36. The third-order valence-corrected chi connectivity index (χ3v) is 3.47. The first-order valence-corrected chi connectivity index (χ1v) is 7.28. The first-order valence-electron chi connectivity index (χ1n) is 7.28. The van der Waals surface area contributed by atoms with Crippen molar-refractivity contribution >= 4 is 0 Å². The van der Waals surface area contributed by atoms with Gasteiger partial charge < -0.3 is 0 Å². The smallest absolute Gasteiger partial charge is 0.0302 e. The minimum atomic E-state index is 0.737. The molecule has 0 aliphatic carbocycles. The van der Waals surface area contributed by atoms with Crippen molar-refractivity contribution in [1.82, 2.24) is 4.98 Å². The molecule has 0 N–H and O–H groups in total. The van der Waals surface area contributed by atoms with Crippen molar-refractivity contribution in [2.45, 2.75) is 71.1 Å². The number of hydrogen-bond donors (Lipinski definition) is 0. The summed E-state index contributed by atoms with van der Waals surface area (Å²) in [6.45, 7) is 4.55. The molecule has 1 heterocycles. The van der Waals surface area contributed by atoms with Crippen LogP contribution < -0.4 is 0 Å². The van der Waals surface area contributed by atoms with Crippen LogP contribution in [0.2, 0.25) is 0 Å². The summed E-state index contributed by atoms with van der Waals surface area (Å²) in [5.74, 6) is 0.737. The van der Waals surface area contributed by atoms with Gasteiger partial charge >= 0.3 is 0 Å². The molecule has 96 valence electrons. The maximum absolute atomic E-state index is 4.26. The van der Waals surface area contributed by atoms with E-state index in [2.05, 4.69) is 37.2 Å². The number of rotatable bonds is 9. The summed E-state index contributed by atoms with van der Waals surface area (Å²) in [6.07, 6.45) is 14.7. The van der Waals surface area contributed by atoms with Crippen LogP contribution in [0.15, 0.2) is 24.5 Å². The van der Waals surface area contributed by atoms with Crippen LogP contribution in [-0.2, 0) is 0 Å². The third-order valence-electron chi connectivity index (χ3n) is 3.47. The Morgan fingerprint density at radius 3 is 2.41 bits per heavy atom. The highest BCUT2D eigenvalue weighted by Gasteiger charge is 2.10. The lowest BCUT2D eigenvalue weighted by molar-refractivity contribution is 0.508. The molecule has 0 saturated heterocycles. The fourth-order valence-corrected chi connectivity index (χ4v) is 2.36. The largest absolute Gasteiger partial charge is 0.264 e. The Hall–Kier alpha value is -0.850.